The second kappa shape index (κ2) is 9.36. The molecule has 5 heteroatoms. The summed E-state index contributed by atoms with van der Waals surface area (Å²) in [4.78, 5) is 19.1. The second-order valence-corrected chi connectivity index (χ2v) is 9.82. The van der Waals surface area contributed by atoms with Crippen LogP contribution in [-0.2, 0) is 9.53 Å². The molecular formula is C28H28N2O2S. The van der Waals surface area contributed by atoms with E-state index >= 15 is 0 Å². The minimum atomic E-state index is -0.0740. The van der Waals surface area contributed by atoms with Crippen molar-refractivity contribution in [2.24, 2.45) is 11.8 Å². The van der Waals surface area contributed by atoms with Crippen molar-refractivity contribution in [1.29, 1.82) is 0 Å². The topological polar surface area (TPSA) is 42.4 Å². The average Bonchev–Trinajstić information content (AvgIpc) is 3.27. The lowest BCUT2D eigenvalue weighted by Crippen LogP contribution is -2.24. The van der Waals surface area contributed by atoms with Gasteiger partial charge in [-0.25, -0.2) is 4.98 Å². The number of methoxy groups -OCH3 is 1. The minimum absolute atomic E-state index is 0.0201. The van der Waals surface area contributed by atoms with Crippen LogP contribution in [0.2, 0.25) is 0 Å². The van der Waals surface area contributed by atoms with Gasteiger partial charge in [0.25, 0.3) is 0 Å². The Morgan fingerprint density at radius 2 is 1.76 bits per heavy atom. The maximum absolute atomic E-state index is 12.0. The predicted octanol–water partition coefficient (Wildman–Crippen LogP) is 6.71. The van der Waals surface area contributed by atoms with E-state index in [1.165, 1.54) is 28.6 Å². The number of likely N-dealkylation sites (N-methyl/N-ethyl adjacent to an activating group) is 1. The Bertz CT molecular complexity index is 1230. The first kappa shape index (κ1) is 21.7. The number of anilines is 1. The lowest BCUT2D eigenvalue weighted by Gasteiger charge is -2.30. The minimum Gasteiger partial charge on any atom is -0.469 e. The maximum atomic E-state index is 12.0. The largest absolute Gasteiger partial charge is 0.469 e. The molecule has 0 saturated heterocycles. The normalized spacial score (nSPS) is 21.9. The number of fused-ring (bicyclic) bond motifs is 2. The summed E-state index contributed by atoms with van der Waals surface area (Å²) in [5, 5.41) is 1.03. The zero-order valence-corrected chi connectivity index (χ0v) is 19.8. The molecule has 0 atom stereocenters. The van der Waals surface area contributed by atoms with Crippen LogP contribution >= 0.6 is 11.3 Å². The summed E-state index contributed by atoms with van der Waals surface area (Å²) in [7, 11) is 3.61. The van der Waals surface area contributed by atoms with Crippen molar-refractivity contribution in [2.75, 3.05) is 19.1 Å². The van der Waals surface area contributed by atoms with Gasteiger partial charge in [0.1, 0.15) is 5.01 Å². The van der Waals surface area contributed by atoms with Crippen LogP contribution in [0.3, 0.4) is 0 Å². The number of ether oxygens (including phenoxy) is 1. The Labute approximate surface area is 198 Å². The fourth-order valence-corrected chi connectivity index (χ4v) is 5.81. The quantitative estimate of drug-likeness (QED) is 0.409. The van der Waals surface area contributed by atoms with Crippen molar-refractivity contribution >= 4 is 45.4 Å². The van der Waals surface area contributed by atoms with E-state index in [0.717, 1.165) is 41.9 Å². The molecule has 0 amide bonds. The monoisotopic (exact) mass is 456 g/mol. The molecule has 1 saturated carbocycles. The molecule has 2 aromatic carbocycles. The predicted molar refractivity (Wildman–Crippen MR) is 137 cm³/mol. The van der Waals surface area contributed by atoms with E-state index in [1.54, 1.807) is 11.3 Å². The molecule has 2 aliphatic rings. The smallest absolute Gasteiger partial charge is 0.308 e. The first-order valence-corrected chi connectivity index (χ1v) is 12.3. The molecule has 1 aliphatic heterocycles. The third-order valence-corrected chi connectivity index (χ3v) is 7.75. The highest BCUT2D eigenvalue weighted by molar-refractivity contribution is 7.19. The number of carbonyl (C=O) groups excluding carboxylic acids is 1. The number of benzene rings is 2. The van der Waals surface area contributed by atoms with Gasteiger partial charge in [-0.3, -0.25) is 4.79 Å². The number of thiazole rings is 1. The average molecular weight is 457 g/mol. The third-order valence-electron chi connectivity index (χ3n) is 6.77. The zero-order valence-electron chi connectivity index (χ0n) is 19.0. The van der Waals surface area contributed by atoms with Crippen molar-refractivity contribution in [3.05, 3.63) is 82.5 Å². The molecule has 5 rings (SSSR count). The van der Waals surface area contributed by atoms with Crippen LogP contribution in [-0.4, -0.2) is 25.1 Å². The summed E-state index contributed by atoms with van der Waals surface area (Å²) in [6, 6.07) is 16.7. The molecule has 3 aromatic rings. The Kier molecular flexibility index (Phi) is 6.14. The molecule has 0 spiro atoms. The van der Waals surface area contributed by atoms with Crippen molar-refractivity contribution in [3.8, 4) is 0 Å². The first-order chi connectivity index (χ1) is 16.1. The fourth-order valence-electron chi connectivity index (χ4n) is 4.88. The van der Waals surface area contributed by atoms with Gasteiger partial charge in [0.05, 0.1) is 23.2 Å². The van der Waals surface area contributed by atoms with Crippen LogP contribution in [0, 0.1) is 11.8 Å². The first-order valence-electron chi connectivity index (χ1n) is 11.5. The Morgan fingerprint density at radius 1 is 1.03 bits per heavy atom. The van der Waals surface area contributed by atoms with Crippen molar-refractivity contribution in [2.45, 2.75) is 25.7 Å². The molecule has 0 unspecified atom stereocenters. The Balaban J connectivity index is 1.49. The number of hydrogen-bond acceptors (Lipinski definition) is 5. The van der Waals surface area contributed by atoms with E-state index in [4.69, 9.17) is 9.72 Å². The number of nitrogens with zero attached hydrogens (tertiary/aromatic N) is 2. The van der Waals surface area contributed by atoms with Gasteiger partial charge < -0.3 is 9.64 Å². The van der Waals surface area contributed by atoms with Crippen molar-refractivity contribution in [1.82, 2.24) is 4.98 Å². The number of para-hydroxylation sites is 2. The molecule has 1 aromatic heterocycles. The maximum Gasteiger partial charge on any atom is 0.308 e. The van der Waals surface area contributed by atoms with Crippen LogP contribution in [0.25, 0.3) is 22.4 Å². The Hall–Kier alpha value is -3.18. The molecule has 1 aliphatic carbocycles. The van der Waals surface area contributed by atoms with Gasteiger partial charge in [-0.1, -0.05) is 36.4 Å². The van der Waals surface area contributed by atoms with Crippen LogP contribution in [0.15, 0.2) is 72.0 Å². The highest BCUT2D eigenvalue weighted by Gasteiger charge is 2.28. The van der Waals surface area contributed by atoms with Gasteiger partial charge in [-0.15, -0.1) is 11.3 Å². The zero-order chi connectivity index (χ0) is 22.8. The molecule has 0 bridgehead atoms. The molecule has 0 N–H and O–H groups in total. The van der Waals surface area contributed by atoms with Gasteiger partial charge in [0, 0.05) is 18.4 Å². The third kappa shape index (κ3) is 4.51. The number of allylic oxidation sites excluding steroid dienone is 3. The Morgan fingerprint density at radius 3 is 2.55 bits per heavy atom. The number of carbonyl (C=O) groups is 1. The molecule has 4 nitrogen and oxygen atoms in total. The summed E-state index contributed by atoms with van der Waals surface area (Å²) in [6.07, 6.45) is 12.6. The fraction of sp³-hybridized carbons (Fsp3) is 0.286. The van der Waals surface area contributed by atoms with Gasteiger partial charge >= 0.3 is 5.97 Å². The van der Waals surface area contributed by atoms with E-state index < -0.39 is 0 Å². The van der Waals surface area contributed by atoms with Crippen molar-refractivity contribution < 1.29 is 9.53 Å². The highest BCUT2D eigenvalue weighted by Crippen LogP contribution is 2.38. The van der Waals surface area contributed by atoms with Crippen LogP contribution in [0.4, 0.5) is 5.69 Å². The number of rotatable bonds is 4. The summed E-state index contributed by atoms with van der Waals surface area (Å²) in [6.45, 7) is 0. The van der Waals surface area contributed by atoms with E-state index in [1.807, 2.05) is 6.07 Å². The van der Waals surface area contributed by atoms with Gasteiger partial charge in [0.15, 0.2) is 0 Å². The van der Waals surface area contributed by atoms with E-state index in [-0.39, 0.29) is 11.9 Å². The number of hydrogen-bond donors (Lipinski definition) is 0. The van der Waals surface area contributed by atoms with E-state index in [9.17, 15) is 4.79 Å². The van der Waals surface area contributed by atoms with E-state index in [2.05, 4.69) is 78.7 Å². The van der Waals surface area contributed by atoms with Gasteiger partial charge in [-0.2, -0.15) is 0 Å². The van der Waals surface area contributed by atoms with E-state index in [0.29, 0.717) is 5.92 Å². The lowest BCUT2D eigenvalue weighted by molar-refractivity contribution is -0.146. The highest BCUT2D eigenvalue weighted by atomic mass is 32.1. The standard InChI is InChI=1S/C28H28N2O2S/c1-30-23(16-15-20-7-3-5-9-25(20)30)17-22(19-11-13-21(14-12-19)28(31)32-2)18-27-29-24-8-4-6-10-26(24)33-27/h3-10,15-19,21H,11-14H2,1-2H3/b22-18-,23-17+. The van der Waals surface area contributed by atoms with Crippen LogP contribution < -0.4 is 4.90 Å². The molecule has 33 heavy (non-hydrogen) atoms. The summed E-state index contributed by atoms with van der Waals surface area (Å²) < 4.78 is 6.20. The molecule has 1 fully saturated rings. The summed E-state index contributed by atoms with van der Waals surface area (Å²) >= 11 is 1.73. The van der Waals surface area contributed by atoms with Gasteiger partial charge in [0.2, 0.25) is 0 Å². The van der Waals surface area contributed by atoms with Crippen molar-refractivity contribution in [3.63, 3.8) is 0 Å². The number of esters is 1. The number of aromatic nitrogens is 1. The molecule has 2 heterocycles. The van der Waals surface area contributed by atoms with Crippen LogP contribution in [0.5, 0.6) is 0 Å². The summed E-state index contributed by atoms with van der Waals surface area (Å²) in [5.74, 6) is 0.339. The molecular weight excluding hydrogens is 428 g/mol. The molecule has 0 radical (unpaired) electrons. The second-order valence-electron chi connectivity index (χ2n) is 8.76. The summed E-state index contributed by atoms with van der Waals surface area (Å²) in [5.41, 5.74) is 5.92. The lowest BCUT2D eigenvalue weighted by atomic mass is 9.78. The molecule has 168 valence electrons. The SMILES string of the molecule is COC(=O)C1CCC(C(=C\c2nc3ccccc3s2)/C=C2\C=Cc3ccccc3N2C)CC1. The van der Waals surface area contributed by atoms with Crippen LogP contribution in [0.1, 0.15) is 36.3 Å². The van der Waals surface area contributed by atoms with Gasteiger partial charge in [-0.05, 0) is 79.2 Å².